The first-order valence-electron chi connectivity index (χ1n) is 8.28. The molecule has 1 atom stereocenters. The van der Waals surface area contributed by atoms with Crippen molar-refractivity contribution in [2.45, 2.75) is 40.0 Å². The average Bonchev–Trinajstić information content (AvgIpc) is 3.13. The number of benzene rings is 1. The molecule has 0 aliphatic carbocycles. The number of nitrogens with one attached hydrogen (secondary N) is 2. The van der Waals surface area contributed by atoms with Crippen LogP contribution in [0.15, 0.2) is 34.9 Å². The molecule has 25 heavy (non-hydrogen) atoms. The van der Waals surface area contributed by atoms with E-state index in [9.17, 15) is 4.79 Å². The quantitative estimate of drug-likeness (QED) is 0.733. The smallest absolute Gasteiger partial charge is 0.224 e. The van der Waals surface area contributed by atoms with Gasteiger partial charge in [-0.1, -0.05) is 6.92 Å². The summed E-state index contributed by atoms with van der Waals surface area (Å²) < 4.78 is 5.50. The maximum atomic E-state index is 12.3. The summed E-state index contributed by atoms with van der Waals surface area (Å²) in [5.41, 5.74) is 4.77. The molecule has 0 radical (unpaired) electrons. The third kappa shape index (κ3) is 3.79. The SMILES string of the molecule is Cc1ncc(-c2ccc(NC(=O)C[C@H](C)c3c(C)n[nH]c3C)cc2)o1. The second-order valence-electron chi connectivity index (χ2n) is 6.32. The van der Waals surface area contributed by atoms with Gasteiger partial charge in [0.25, 0.3) is 0 Å². The van der Waals surface area contributed by atoms with Crippen LogP contribution in [-0.4, -0.2) is 21.1 Å². The molecule has 1 aromatic carbocycles. The van der Waals surface area contributed by atoms with Gasteiger partial charge in [0.15, 0.2) is 11.7 Å². The minimum atomic E-state index is -0.0178. The predicted octanol–water partition coefficient (Wildman–Crippen LogP) is 4.12. The number of hydrogen-bond donors (Lipinski definition) is 2. The molecule has 0 aliphatic heterocycles. The first-order valence-corrected chi connectivity index (χ1v) is 8.28. The number of aryl methyl sites for hydroxylation is 3. The lowest BCUT2D eigenvalue weighted by molar-refractivity contribution is -0.116. The Hall–Kier alpha value is -2.89. The van der Waals surface area contributed by atoms with Gasteiger partial charge in [-0.25, -0.2) is 4.98 Å². The second kappa shape index (κ2) is 6.93. The molecule has 3 rings (SSSR count). The van der Waals surface area contributed by atoms with Crippen molar-refractivity contribution in [2.75, 3.05) is 5.32 Å². The maximum absolute atomic E-state index is 12.3. The highest BCUT2D eigenvalue weighted by molar-refractivity contribution is 5.91. The Morgan fingerprint density at radius 1 is 1.24 bits per heavy atom. The molecule has 0 fully saturated rings. The first-order chi connectivity index (χ1) is 11.9. The van der Waals surface area contributed by atoms with Gasteiger partial charge in [-0.3, -0.25) is 9.89 Å². The average molecular weight is 338 g/mol. The van der Waals surface area contributed by atoms with Crippen LogP contribution in [0.2, 0.25) is 0 Å². The van der Waals surface area contributed by atoms with E-state index >= 15 is 0 Å². The molecular weight excluding hydrogens is 316 g/mol. The number of hydrogen-bond acceptors (Lipinski definition) is 4. The number of rotatable bonds is 5. The number of aromatic amines is 1. The molecule has 130 valence electrons. The van der Waals surface area contributed by atoms with Crippen molar-refractivity contribution in [2.24, 2.45) is 0 Å². The summed E-state index contributed by atoms with van der Waals surface area (Å²) in [5, 5.41) is 10.1. The van der Waals surface area contributed by atoms with Gasteiger partial charge in [-0.2, -0.15) is 5.10 Å². The van der Waals surface area contributed by atoms with Crippen molar-refractivity contribution in [3.63, 3.8) is 0 Å². The van der Waals surface area contributed by atoms with Gasteiger partial charge in [0.2, 0.25) is 5.91 Å². The van der Waals surface area contributed by atoms with E-state index in [1.54, 1.807) is 6.20 Å². The van der Waals surface area contributed by atoms with E-state index in [4.69, 9.17) is 4.42 Å². The third-order valence-corrected chi connectivity index (χ3v) is 4.24. The number of oxazole rings is 1. The summed E-state index contributed by atoms with van der Waals surface area (Å²) in [7, 11) is 0. The highest BCUT2D eigenvalue weighted by Crippen LogP contribution is 2.25. The molecule has 2 N–H and O–H groups in total. The summed E-state index contributed by atoms with van der Waals surface area (Å²) in [4.78, 5) is 16.4. The van der Waals surface area contributed by atoms with Gasteiger partial charge in [-0.15, -0.1) is 0 Å². The van der Waals surface area contributed by atoms with Gasteiger partial charge < -0.3 is 9.73 Å². The summed E-state index contributed by atoms with van der Waals surface area (Å²) in [5.74, 6) is 1.44. The van der Waals surface area contributed by atoms with Crippen LogP contribution in [0.25, 0.3) is 11.3 Å². The lowest BCUT2D eigenvalue weighted by Gasteiger charge is -2.12. The van der Waals surface area contributed by atoms with Crippen LogP contribution in [0.1, 0.15) is 42.1 Å². The highest BCUT2D eigenvalue weighted by Gasteiger charge is 2.17. The molecule has 1 amide bonds. The molecule has 0 saturated carbocycles. The Labute approximate surface area is 146 Å². The molecule has 0 bridgehead atoms. The van der Waals surface area contributed by atoms with Gasteiger partial charge in [-0.05, 0) is 49.6 Å². The Balaban J connectivity index is 1.63. The normalized spacial score (nSPS) is 12.2. The van der Waals surface area contributed by atoms with E-state index < -0.39 is 0 Å². The lowest BCUT2D eigenvalue weighted by Crippen LogP contribution is -2.15. The number of carbonyl (C=O) groups is 1. The van der Waals surface area contributed by atoms with E-state index in [2.05, 4.69) is 20.5 Å². The van der Waals surface area contributed by atoms with Crippen LogP contribution in [0.4, 0.5) is 5.69 Å². The van der Waals surface area contributed by atoms with Crippen molar-refractivity contribution in [1.29, 1.82) is 0 Å². The highest BCUT2D eigenvalue weighted by atomic mass is 16.4. The zero-order valence-electron chi connectivity index (χ0n) is 14.9. The number of aromatic nitrogens is 3. The standard InChI is InChI=1S/C19H22N4O2/c1-11(19-12(2)22-23-13(19)3)9-18(24)21-16-7-5-15(6-8-16)17-10-20-14(4)25-17/h5-8,10-11H,9H2,1-4H3,(H,21,24)(H,22,23)/t11-/m0/s1. The molecule has 0 aliphatic rings. The molecule has 3 aromatic rings. The lowest BCUT2D eigenvalue weighted by atomic mass is 9.95. The summed E-state index contributed by atoms with van der Waals surface area (Å²) in [6.45, 7) is 7.79. The van der Waals surface area contributed by atoms with Crippen LogP contribution >= 0.6 is 0 Å². The number of H-pyrrole nitrogens is 1. The number of amides is 1. The zero-order valence-corrected chi connectivity index (χ0v) is 14.9. The van der Waals surface area contributed by atoms with E-state index in [0.29, 0.717) is 12.3 Å². The monoisotopic (exact) mass is 338 g/mol. The van der Waals surface area contributed by atoms with Crippen molar-refractivity contribution < 1.29 is 9.21 Å². The fraction of sp³-hybridized carbons (Fsp3) is 0.316. The molecule has 6 nitrogen and oxygen atoms in total. The van der Waals surface area contributed by atoms with Crippen LogP contribution in [0.3, 0.4) is 0 Å². The summed E-state index contributed by atoms with van der Waals surface area (Å²) >= 11 is 0. The van der Waals surface area contributed by atoms with Crippen LogP contribution in [0.5, 0.6) is 0 Å². The van der Waals surface area contributed by atoms with Gasteiger partial charge >= 0.3 is 0 Å². The van der Waals surface area contributed by atoms with Crippen LogP contribution in [-0.2, 0) is 4.79 Å². The molecule has 2 aromatic heterocycles. The van der Waals surface area contributed by atoms with E-state index in [-0.39, 0.29) is 11.8 Å². The minimum Gasteiger partial charge on any atom is -0.441 e. The van der Waals surface area contributed by atoms with Crippen LogP contribution < -0.4 is 5.32 Å². The molecule has 0 unspecified atom stereocenters. The van der Waals surface area contributed by atoms with E-state index in [1.165, 1.54) is 0 Å². The topological polar surface area (TPSA) is 83.8 Å². The van der Waals surface area contributed by atoms with Gasteiger partial charge in [0, 0.05) is 30.3 Å². The third-order valence-electron chi connectivity index (χ3n) is 4.24. The Morgan fingerprint density at radius 2 is 1.96 bits per heavy atom. The number of anilines is 1. The van der Waals surface area contributed by atoms with Gasteiger partial charge in [0.05, 0.1) is 11.9 Å². The van der Waals surface area contributed by atoms with Gasteiger partial charge in [0.1, 0.15) is 0 Å². The summed E-state index contributed by atoms with van der Waals surface area (Å²) in [6.07, 6.45) is 2.10. The van der Waals surface area contributed by atoms with E-state index in [1.807, 2.05) is 52.0 Å². The van der Waals surface area contributed by atoms with Crippen LogP contribution in [0, 0.1) is 20.8 Å². The van der Waals surface area contributed by atoms with Crippen molar-refractivity contribution >= 4 is 11.6 Å². The molecule has 6 heteroatoms. The Bertz CT molecular complexity index is 858. The molecule has 2 heterocycles. The maximum Gasteiger partial charge on any atom is 0.224 e. The fourth-order valence-corrected chi connectivity index (χ4v) is 3.09. The second-order valence-corrected chi connectivity index (χ2v) is 6.32. The van der Waals surface area contributed by atoms with Crippen molar-refractivity contribution in [3.8, 4) is 11.3 Å². The number of carbonyl (C=O) groups excluding carboxylic acids is 1. The molecule has 0 saturated heterocycles. The Kier molecular flexibility index (Phi) is 4.70. The number of nitrogens with zero attached hydrogens (tertiary/aromatic N) is 2. The first kappa shape index (κ1) is 17.0. The fourth-order valence-electron chi connectivity index (χ4n) is 3.09. The predicted molar refractivity (Wildman–Crippen MR) is 96.4 cm³/mol. The minimum absolute atomic E-state index is 0.0178. The van der Waals surface area contributed by atoms with E-state index in [0.717, 1.165) is 34.0 Å². The van der Waals surface area contributed by atoms with Crippen molar-refractivity contribution in [3.05, 3.63) is 53.3 Å². The molecular formula is C19H22N4O2. The zero-order chi connectivity index (χ0) is 18.0. The largest absolute Gasteiger partial charge is 0.441 e. The molecule has 0 spiro atoms. The Morgan fingerprint density at radius 3 is 2.52 bits per heavy atom. The van der Waals surface area contributed by atoms with Crippen molar-refractivity contribution in [1.82, 2.24) is 15.2 Å². The summed E-state index contributed by atoms with van der Waals surface area (Å²) in [6, 6.07) is 7.54.